The molecule has 0 radical (unpaired) electrons. The van der Waals surface area contributed by atoms with Gasteiger partial charge in [-0.1, -0.05) is 12.1 Å². The molecule has 1 unspecified atom stereocenters. The average Bonchev–Trinajstić information content (AvgIpc) is 2.37. The minimum atomic E-state index is -1.19. The normalized spacial score (nSPS) is 11.6. The van der Waals surface area contributed by atoms with Gasteiger partial charge in [-0.15, -0.1) is 0 Å². The van der Waals surface area contributed by atoms with Gasteiger partial charge in [-0.2, -0.15) is 0 Å². The van der Waals surface area contributed by atoms with Crippen molar-refractivity contribution in [2.75, 3.05) is 18.9 Å². The smallest absolute Gasteiger partial charge is 0.329 e. The van der Waals surface area contributed by atoms with Gasteiger partial charge in [0.15, 0.2) is 0 Å². The molecule has 0 aliphatic carbocycles. The van der Waals surface area contributed by atoms with E-state index in [9.17, 15) is 14.4 Å². The fourth-order valence-corrected chi connectivity index (χ4v) is 1.62. The molecule has 0 aliphatic heterocycles. The summed E-state index contributed by atoms with van der Waals surface area (Å²) < 4.78 is 4.64. The summed E-state index contributed by atoms with van der Waals surface area (Å²) in [7, 11) is 0. The fraction of sp³-hybridized carbons (Fsp3) is 0.308. The van der Waals surface area contributed by atoms with Crippen molar-refractivity contribution in [1.82, 2.24) is 5.32 Å². The molecule has 8 heteroatoms. The monoisotopic (exact) mass is 296 g/mol. The Bertz CT molecular complexity index is 514. The highest BCUT2D eigenvalue weighted by Crippen LogP contribution is 2.18. The van der Waals surface area contributed by atoms with E-state index < -0.39 is 37.1 Å². The summed E-state index contributed by atoms with van der Waals surface area (Å²) in [6, 6.07) is 5.67. The van der Waals surface area contributed by atoms with E-state index in [2.05, 4.69) is 10.1 Å². The van der Waals surface area contributed by atoms with E-state index >= 15 is 0 Å². The summed E-state index contributed by atoms with van der Waals surface area (Å²) in [4.78, 5) is 32.7. The molecule has 1 aromatic carbocycles. The number of rotatable bonds is 8. The number of hydrogen-bond acceptors (Lipinski definition) is 5. The third kappa shape index (κ3) is 6.39. The molecule has 0 saturated carbocycles. The van der Waals surface area contributed by atoms with E-state index in [1.54, 1.807) is 24.3 Å². The lowest BCUT2D eigenvalue weighted by molar-refractivity contribution is -0.143. The Hall–Kier alpha value is -2.61. The molecule has 5 N–H and O–H groups in total. The van der Waals surface area contributed by atoms with Crippen molar-refractivity contribution in [3.05, 3.63) is 29.8 Å². The van der Waals surface area contributed by atoms with Crippen LogP contribution in [0.2, 0.25) is 0 Å². The second-order valence-electron chi connectivity index (χ2n) is 4.27. The number of aliphatic carboxylic acids is 2. The van der Waals surface area contributed by atoms with Crippen LogP contribution >= 0.6 is 0 Å². The van der Waals surface area contributed by atoms with Crippen molar-refractivity contribution in [3.8, 4) is 0 Å². The summed E-state index contributed by atoms with van der Waals surface area (Å²) in [6.45, 7) is -1.06. The second-order valence-corrected chi connectivity index (χ2v) is 4.27. The van der Waals surface area contributed by atoms with Crippen LogP contribution in [0.15, 0.2) is 24.3 Å². The predicted molar refractivity (Wildman–Crippen MR) is 72.4 cm³/mol. The molecule has 0 heterocycles. The Balaban J connectivity index is 2.65. The highest BCUT2D eigenvalue weighted by Gasteiger charge is 2.18. The largest absolute Gasteiger partial charge is 0.481 e. The third-order valence-corrected chi connectivity index (χ3v) is 2.51. The maximum absolute atomic E-state index is 11.6. The SMILES string of the molecule is Nc1ccc(C(CC(=O)O)NC(=O)COCC(=O)O)cc1. The van der Waals surface area contributed by atoms with E-state index in [4.69, 9.17) is 15.9 Å². The van der Waals surface area contributed by atoms with Gasteiger partial charge >= 0.3 is 11.9 Å². The number of benzene rings is 1. The van der Waals surface area contributed by atoms with Gasteiger partial charge in [0.2, 0.25) is 5.91 Å². The molecule has 0 bridgehead atoms. The first-order valence-electron chi connectivity index (χ1n) is 6.04. The van der Waals surface area contributed by atoms with Crippen LogP contribution in [-0.2, 0) is 19.1 Å². The highest BCUT2D eigenvalue weighted by atomic mass is 16.5. The molecule has 1 aromatic rings. The van der Waals surface area contributed by atoms with Crippen LogP contribution in [0.4, 0.5) is 5.69 Å². The fourth-order valence-electron chi connectivity index (χ4n) is 1.62. The van der Waals surface area contributed by atoms with Crippen molar-refractivity contribution >= 4 is 23.5 Å². The zero-order chi connectivity index (χ0) is 15.8. The van der Waals surface area contributed by atoms with Gasteiger partial charge in [0, 0.05) is 5.69 Å². The van der Waals surface area contributed by atoms with Crippen LogP contribution in [0.25, 0.3) is 0 Å². The van der Waals surface area contributed by atoms with Crippen molar-refractivity contribution in [1.29, 1.82) is 0 Å². The quantitative estimate of drug-likeness (QED) is 0.495. The van der Waals surface area contributed by atoms with E-state index in [1.165, 1.54) is 0 Å². The molecule has 21 heavy (non-hydrogen) atoms. The van der Waals surface area contributed by atoms with Crippen LogP contribution < -0.4 is 11.1 Å². The lowest BCUT2D eigenvalue weighted by Crippen LogP contribution is -2.33. The first kappa shape index (κ1) is 16.4. The summed E-state index contributed by atoms with van der Waals surface area (Å²) >= 11 is 0. The number of carbonyl (C=O) groups is 3. The first-order valence-corrected chi connectivity index (χ1v) is 6.04. The van der Waals surface area contributed by atoms with Crippen LogP contribution in [-0.4, -0.2) is 41.3 Å². The molecular formula is C13H16N2O6. The summed E-state index contributed by atoms with van der Waals surface area (Å²) in [5, 5.41) is 19.7. The molecule has 0 aromatic heterocycles. The van der Waals surface area contributed by atoms with Crippen LogP contribution in [0.1, 0.15) is 18.0 Å². The number of nitrogens with one attached hydrogen (secondary N) is 1. The topological polar surface area (TPSA) is 139 Å². The number of amides is 1. The number of carboxylic acids is 2. The van der Waals surface area contributed by atoms with Gasteiger partial charge < -0.3 is 26.0 Å². The maximum Gasteiger partial charge on any atom is 0.329 e. The van der Waals surface area contributed by atoms with Gasteiger partial charge in [-0.3, -0.25) is 9.59 Å². The second kappa shape index (κ2) is 7.85. The van der Waals surface area contributed by atoms with Crippen molar-refractivity contribution in [2.45, 2.75) is 12.5 Å². The molecule has 1 atom stereocenters. The van der Waals surface area contributed by atoms with E-state index in [0.29, 0.717) is 11.3 Å². The molecule has 1 rings (SSSR count). The van der Waals surface area contributed by atoms with E-state index in [0.717, 1.165) is 0 Å². The van der Waals surface area contributed by atoms with Gasteiger partial charge in [0.25, 0.3) is 0 Å². The molecule has 0 saturated heterocycles. The lowest BCUT2D eigenvalue weighted by Gasteiger charge is -2.17. The number of carbonyl (C=O) groups excluding carboxylic acids is 1. The van der Waals surface area contributed by atoms with Crippen molar-refractivity contribution < 1.29 is 29.3 Å². The zero-order valence-corrected chi connectivity index (χ0v) is 11.1. The molecular weight excluding hydrogens is 280 g/mol. The van der Waals surface area contributed by atoms with Gasteiger partial charge in [-0.05, 0) is 17.7 Å². The Morgan fingerprint density at radius 3 is 2.24 bits per heavy atom. The predicted octanol–water partition coefficient (Wildman–Crippen LogP) is 0.00200. The Kier molecular flexibility index (Phi) is 6.15. The Labute approximate surface area is 120 Å². The maximum atomic E-state index is 11.6. The molecule has 114 valence electrons. The third-order valence-electron chi connectivity index (χ3n) is 2.51. The number of anilines is 1. The van der Waals surface area contributed by atoms with Crippen LogP contribution in [0.3, 0.4) is 0 Å². The number of ether oxygens (including phenoxy) is 1. The first-order chi connectivity index (χ1) is 9.88. The number of nitrogen functional groups attached to an aromatic ring is 1. The van der Waals surface area contributed by atoms with Crippen molar-refractivity contribution in [3.63, 3.8) is 0 Å². The molecule has 0 fully saturated rings. The van der Waals surface area contributed by atoms with Gasteiger partial charge in [0.05, 0.1) is 12.5 Å². The zero-order valence-electron chi connectivity index (χ0n) is 11.1. The minimum absolute atomic E-state index is 0.311. The molecule has 8 nitrogen and oxygen atoms in total. The summed E-state index contributed by atoms with van der Waals surface area (Å²) in [5.41, 5.74) is 6.64. The van der Waals surface area contributed by atoms with Crippen molar-refractivity contribution in [2.24, 2.45) is 0 Å². The lowest BCUT2D eigenvalue weighted by atomic mass is 10.0. The molecule has 0 aliphatic rings. The molecule has 0 spiro atoms. The summed E-state index contributed by atoms with van der Waals surface area (Å²) in [6.07, 6.45) is -0.311. The summed E-state index contributed by atoms with van der Waals surface area (Å²) in [5.74, 6) is -2.87. The minimum Gasteiger partial charge on any atom is -0.481 e. The van der Waals surface area contributed by atoms with E-state index in [1.807, 2.05) is 0 Å². The Morgan fingerprint density at radius 2 is 1.71 bits per heavy atom. The molecule has 1 amide bonds. The van der Waals surface area contributed by atoms with Gasteiger partial charge in [-0.25, -0.2) is 4.79 Å². The van der Waals surface area contributed by atoms with Crippen LogP contribution in [0, 0.1) is 0 Å². The van der Waals surface area contributed by atoms with E-state index in [-0.39, 0.29) is 6.42 Å². The van der Waals surface area contributed by atoms with Gasteiger partial charge in [0.1, 0.15) is 13.2 Å². The van der Waals surface area contributed by atoms with Crippen LogP contribution in [0.5, 0.6) is 0 Å². The number of carboxylic acid groups (broad SMARTS) is 2. The number of hydrogen-bond donors (Lipinski definition) is 4. The standard InChI is InChI=1S/C13H16N2O6/c14-9-3-1-8(2-4-9)10(5-12(17)18)15-11(16)6-21-7-13(19)20/h1-4,10H,5-7,14H2,(H,15,16)(H,17,18)(H,19,20). The number of nitrogens with two attached hydrogens (primary N) is 1. The average molecular weight is 296 g/mol. The highest BCUT2D eigenvalue weighted by molar-refractivity contribution is 5.79. The Morgan fingerprint density at radius 1 is 1.10 bits per heavy atom.